The highest BCUT2D eigenvalue weighted by molar-refractivity contribution is 7.09. The lowest BCUT2D eigenvalue weighted by molar-refractivity contribution is 0.190. The van der Waals surface area contributed by atoms with Gasteiger partial charge < -0.3 is 9.84 Å². The molecule has 1 unspecified atom stereocenters. The SMILES string of the molecule is CC(O)c1cc(Cl)ccc1OCc1cccs1. The summed E-state index contributed by atoms with van der Waals surface area (Å²) in [6.07, 6.45) is -0.591. The highest BCUT2D eigenvalue weighted by Crippen LogP contribution is 2.29. The van der Waals surface area contributed by atoms with Crippen LogP contribution in [-0.2, 0) is 6.61 Å². The van der Waals surface area contributed by atoms with E-state index in [4.69, 9.17) is 16.3 Å². The standard InChI is InChI=1S/C13H13ClO2S/c1-9(15)12-7-10(14)4-5-13(12)16-8-11-3-2-6-17-11/h2-7,9,15H,8H2,1H3. The van der Waals surface area contributed by atoms with Gasteiger partial charge in [0.1, 0.15) is 12.4 Å². The Kier molecular flexibility index (Phi) is 4.05. The quantitative estimate of drug-likeness (QED) is 0.907. The molecular weight excluding hydrogens is 256 g/mol. The third kappa shape index (κ3) is 3.22. The molecule has 90 valence electrons. The average molecular weight is 269 g/mol. The van der Waals surface area contributed by atoms with E-state index in [2.05, 4.69) is 0 Å². The summed E-state index contributed by atoms with van der Waals surface area (Å²) in [4.78, 5) is 1.15. The maximum absolute atomic E-state index is 9.65. The molecule has 0 aliphatic carbocycles. The Morgan fingerprint density at radius 3 is 2.88 bits per heavy atom. The van der Waals surface area contributed by atoms with Crippen LogP contribution >= 0.6 is 22.9 Å². The normalized spacial score (nSPS) is 12.4. The fourth-order valence-corrected chi connectivity index (χ4v) is 2.32. The van der Waals surface area contributed by atoms with Crippen LogP contribution in [0.3, 0.4) is 0 Å². The minimum absolute atomic E-state index is 0.513. The van der Waals surface area contributed by atoms with E-state index < -0.39 is 6.10 Å². The summed E-state index contributed by atoms with van der Waals surface area (Å²) < 4.78 is 5.69. The molecule has 0 amide bonds. The first-order chi connectivity index (χ1) is 8.16. The Hall–Kier alpha value is -1.03. The van der Waals surface area contributed by atoms with Crippen molar-refractivity contribution in [3.05, 3.63) is 51.2 Å². The number of rotatable bonds is 4. The lowest BCUT2D eigenvalue weighted by Gasteiger charge is -2.13. The number of aliphatic hydroxyl groups excluding tert-OH is 1. The molecule has 0 saturated heterocycles. The van der Waals surface area contributed by atoms with Crippen molar-refractivity contribution in [3.8, 4) is 5.75 Å². The lowest BCUT2D eigenvalue weighted by Crippen LogP contribution is -1.99. The highest BCUT2D eigenvalue weighted by Gasteiger charge is 2.10. The van der Waals surface area contributed by atoms with Crippen molar-refractivity contribution in [2.75, 3.05) is 0 Å². The molecule has 1 atom stereocenters. The number of ether oxygens (including phenoxy) is 1. The first-order valence-electron chi connectivity index (χ1n) is 5.29. The topological polar surface area (TPSA) is 29.5 Å². The number of hydrogen-bond acceptors (Lipinski definition) is 3. The smallest absolute Gasteiger partial charge is 0.125 e. The molecule has 0 saturated carbocycles. The highest BCUT2D eigenvalue weighted by atomic mass is 35.5. The van der Waals surface area contributed by atoms with E-state index in [1.165, 1.54) is 0 Å². The third-order valence-corrected chi connectivity index (χ3v) is 3.46. The van der Waals surface area contributed by atoms with E-state index >= 15 is 0 Å². The second kappa shape index (κ2) is 5.54. The number of hydrogen-bond donors (Lipinski definition) is 1. The molecule has 0 fully saturated rings. The van der Waals surface area contributed by atoms with Crippen LogP contribution in [0.25, 0.3) is 0 Å². The van der Waals surface area contributed by atoms with Gasteiger partial charge in [0.05, 0.1) is 6.10 Å². The zero-order valence-electron chi connectivity index (χ0n) is 9.39. The van der Waals surface area contributed by atoms with Gasteiger partial charge in [0.25, 0.3) is 0 Å². The monoisotopic (exact) mass is 268 g/mol. The van der Waals surface area contributed by atoms with Crippen molar-refractivity contribution >= 4 is 22.9 Å². The molecule has 17 heavy (non-hydrogen) atoms. The minimum atomic E-state index is -0.591. The fraction of sp³-hybridized carbons (Fsp3) is 0.231. The van der Waals surface area contributed by atoms with E-state index in [9.17, 15) is 5.11 Å². The molecule has 0 bridgehead atoms. The molecule has 2 rings (SSSR count). The molecule has 1 N–H and O–H groups in total. The van der Waals surface area contributed by atoms with E-state index in [-0.39, 0.29) is 0 Å². The maximum Gasteiger partial charge on any atom is 0.125 e. The van der Waals surface area contributed by atoms with E-state index in [0.29, 0.717) is 22.9 Å². The Balaban J connectivity index is 2.14. The first kappa shape index (κ1) is 12.4. The summed E-state index contributed by atoms with van der Waals surface area (Å²) >= 11 is 7.54. The van der Waals surface area contributed by atoms with Crippen LogP contribution in [0, 0.1) is 0 Å². The van der Waals surface area contributed by atoms with E-state index in [1.807, 2.05) is 17.5 Å². The molecule has 2 nitrogen and oxygen atoms in total. The summed E-state index contributed by atoms with van der Waals surface area (Å²) in [6, 6.07) is 9.29. The van der Waals surface area contributed by atoms with E-state index in [1.54, 1.807) is 36.5 Å². The van der Waals surface area contributed by atoms with Crippen LogP contribution in [0.1, 0.15) is 23.5 Å². The van der Waals surface area contributed by atoms with Gasteiger partial charge in [-0.05, 0) is 36.6 Å². The summed E-state index contributed by atoms with van der Waals surface area (Å²) in [5.41, 5.74) is 0.717. The molecule has 0 aliphatic rings. The summed E-state index contributed by atoms with van der Waals surface area (Å²) in [7, 11) is 0. The predicted octanol–water partition coefficient (Wildman–Crippen LogP) is 4.03. The van der Waals surface area contributed by atoms with Gasteiger partial charge in [-0.15, -0.1) is 11.3 Å². The number of halogens is 1. The molecule has 1 heterocycles. The van der Waals surface area contributed by atoms with Crippen molar-refractivity contribution in [2.24, 2.45) is 0 Å². The number of benzene rings is 1. The van der Waals surface area contributed by atoms with Gasteiger partial charge in [0.15, 0.2) is 0 Å². The Bertz CT molecular complexity index is 480. The van der Waals surface area contributed by atoms with Crippen LogP contribution in [-0.4, -0.2) is 5.11 Å². The minimum Gasteiger partial charge on any atom is -0.488 e. The van der Waals surface area contributed by atoms with Crippen molar-refractivity contribution in [3.63, 3.8) is 0 Å². The van der Waals surface area contributed by atoms with Gasteiger partial charge in [0, 0.05) is 15.5 Å². The summed E-state index contributed by atoms with van der Waals surface area (Å²) in [5.74, 6) is 0.679. The van der Waals surface area contributed by atoms with Crippen LogP contribution < -0.4 is 4.74 Å². The van der Waals surface area contributed by atoms with Gasteiger partial charge in [-0.1, -0.05) is 17.7 Å². The Morgan fingerprint density at radius 1 is 1.41 bits per heavy atom. The number of thiophene rings is 1. The average Bonchev–Trinajstić information content (AvgIpc) is 2.80. The lowest BCUT2D eigenvalue weighted by atomic mass is 10.1. The van der Waals surface area contributed by atoms with E-state index in [0.717, 1.165) is 4.88 Å². The predicted molar refractivity (Wildman–Crippen MR) is 70.7 cm³/mol. The first-order valence-corrected chi connectivity index (χ1v) is 6.55. The van der Waals surface area contributed by atoms with Crippen LogP contribution in [0.15, 0.2) is 35.7 Å². The van der Waals surface area contributed by atoms with Gasteiger partial charge in [-0.3, -0.25) is 0 Å². The van der Waals surface area contributed by atoms with Crippen molar-refractivity contribution in [1.82, 2.24) is 0 Å². The van der Waals surface area contributed by atoms with Gasteiger partial charge in [0.2, 0.25) is 0 Å². The molecule has 4 heteroatoms. The third-order valence-electron chi connectivity index (χ3n) is 2.37. The molecule has 1 aromatic heterocycles. The molecule has 0 spiro atoms. The Labute approximate surface area is 109 Å². The molecule has 0 aliphatic heterocycles. The zero-order chi connectivity index (χ0) is 12.3. The van der Waals surface area contributed by atoms with Gasteiger partial charge >= 0.3 is 0 Å². The second-order valence-electron chi connectivity index (χ2n) is 3.73. The molecule has 2 aromatic rings. The molecular formula is C13H13ClO2S. The molecule has 0 radical (unpaired) electrons. The van der Waals surface area contributed by atoms with Crippen LogP contribution in [0.2, 0.25) is 5.02 Å². The summed E-state index contributed by atoms with van der Waals surface area (Å²) in [6.45, 7) is 2.21. The van der Waals surface area contributed by atoms with Gasteiger partial charge in [-0.25, -0.2) is 0 Å². The van der Waals surface area contributed by atoms with Crippen LogP contribution in [0.4, 0.5) is 0 Å². The van der Waals surface area contributed by atoms with Crippen molar-refractivity contribution in [1.29, 1.82) is 0 Å². The zero-order valence-corrected chi connectivity index (χ0v) is 11.0. The molecule has 1 aromatic carbocycles. The number of aliphatic hydroxyl groups is 1. The van der Waals surface area contributed by atoms with Crippen molar-refractivity contribution in [2.45, 2.75) is 19.6 Å². The van der Waals surface area contributed by atoms with Gasteiger partial charge in [-0.2, -0.15) is 0 Å². The largest absolute Gasteiger partial charge is 0.488 e. The second-order valence-corrected chi connectivity index (χ2v) is 5.19. The fourth-order valence-electron chi connectivity index (χ4n) is 1.52. The maximum atomic E-state index is 9.65. The van der Waals surface area contributed by atoms with Crippen LogP contribution in [0.5, 0.6) is 5.75 Å². The van der Waals surface area contributed by atoms with Crippen molar-refractivity contribution < 1.29 is 9.84 Å². The summed E-state index contributed by atoms with van der Waals surface area (Å²) in [5, 5.41) is 12.3. The Morgan fingerprint density at radius 2 is 2.24 bits per heavy atom.